The van der Waals surface area contributed by atoms with Gasteiger partial charge in [-0.2, -0.15) is 0 Å². The maximum absolute atomic E-state index is 13.4. The molecule has 0 aliphatic rings. The second-order valence-corrected chi connectivity index (χ2v) is 2.84. The van der Waals surface area contributed by atoms with Gasteiger partial charge in [-0.05, 0) is 25.5 Å². The second kappa shape index (κ2) is 4.08. The molecule has 0 unspecified atom stereocenters. The van der Waals surface area contributed by atoms with Gasteiger partial charge in [-0.3, -0.25) is 0 Å². The Labute approximate surface area is 77.8 Å². The summed E-state index contributed by atoms with van der Waals surface area (Å²) in [5.41, 5.74) is 1.51. The van der Waals surface area contributed by atoms with Crippen LogP contribution in [0.5, 0.6) is 5.75 Å². The first kappa shape index (κ1) is 9.78. The fourth-order valence-corrected chi connectivity index (χ4v) is 1.22. The van der Waals surface area contributed by atoms with E-state index in [1.165, 1.54) is 13.2 Å². The van der Waals surface area contributed by atoms with E-state index in [9.17, 15) is 4.39 Å². The van der Waals surface area contributed by atoms with Crippen LogP contribution in [0.25, 0.3) is 6.08 Å². The minimum atomic E-state index is -0.241. The van der Waals surface area contributed by atoms with Crippen molar-refractivity contribution >= 4 is 6.08 Å². The molecular formula is C11H13FO. The highest BCUT2D eigenvalue weighted by atomic mass is 19.1. The largest absolute Gasteiger partial charge is 0.497 e. The van der Waals surface area contributed by atoms with E-state index in [-0.39, 0.29) is 5.82 Å². The number of benzene rings is 1. The number of hydrogen-bond donors (Lipinski definition) is 0. The van der Waals surface area contributed by atoms with Crippen molar-refractivity contribution in [1.82, 2.24) is 0 Å². The zero-order chi connectivity index (χ0) is 9.84. The number of halogens is 1. The summed E-state index contributed by atoms with van der Waals surface area (Å²) in [6.07, 6.45) is 3.57. The van der Waals surface area contributed by atoms with Crippen LogP contribution in [0.15, 0.2) is 18.2 Å². The molecule has 0 fully saturated rings. The van der Waals surface area contributed by atoms with Gasteiger partial charge in [0.1, 0.15) is 11.6 Å². The van der Waals surface area contributed by atoms with Gasteiger partial charge in [0.05, 0.1) is 7.11 Å². The van der Waals surface area contributed by atoms with Crippen molar-refractivity contribution in [3.05, 3.63) is 35.2 Å². The van der Waals surface area contributed by atoms with Crippen molar-refractivity contribution in [3.8, 4) is 5.75 Å². The molecule has 0 amide bonds. The van der Waals surface area contributed by atoms with Crippen LogP contribution in [0.2, 0.25) is 0 Å². The van der Waals surface area contributed by atoms with Gasteiger partial charge in [-0.15, -0.1) is 0 Å². The van der Waals surface area contributed by atoms with E-state index in [1.807, 2.05) is 26.0 Å². The Balaban J connectivity index is 3.22. The molecule has 2 heteroatoms. The molecule has 0 saturated heterocycles. The molecule has 13 heavy (non-hydrogen) atoms. The Kier molecular flexibility index (Phi) is 3.07. The summed E-state index contributed by atoms with van der Waals surface area (Å²) in [5.74, 6) is 0.318. The van der Waals surface area contributed by atoms with Gasteiger partial charge in [0.2, 0.25) is 0 Å². The van der Waals surface area contributed by atoms with E-state index >= 15 is 0 Å². The third-order valence-electron chi connectivity index (χ3n) is 1.88. The molecule has 1 rings (SSSR count). The average molecular weight is 180 g/mol. The lowest BCUT2D eigenvalue weighted by Gasteiger charge is -2.05. The van der Waals surface area contributed by atoms with Crippen molar-refractivity contribution in [2.45, 2.75) is 13.8 Å². The maximum atomic E-state index is 13.4. The number of hydrogen-bond acceptors (Lipinski definition) is 1. The molecule has 0 spiro atoms. The van der Waals surface area contributed by atoms with Crippen molar-refractivity contribution in [1.29, 1.82) is 0 Å². The predicted molar refractivity (Wildman–Crippen MR) is 52.4 cm³/mol. The first-order chi connectivity index (χ1) is 6.19. The zero-order valence-electron chi connectivity index (χ0n) is 8.10. The summed E-state index contributed by atoms with van der Waals surface area (Å²) >= 11 is 0. The van der Waals surface area contributed by atoms with Crippen LogP contribution >= 0.6 is 0 Å². The van der Waals surface area contributed by atoms with Gasteiger partial charge in [0.25, 0.3) is 0 Å². The van der Waals surface area contributed by atoms with Crippen LogP contribution < -0.4 is 4.74 Å². The summed E-state index contributed by atoms with van der Waals surface area (Å²) in [6.45, 7) is 3.73. The highest BCUT2D eigenvalue weighted by molar-refractivity contribution is 5.55. The molecule has 0 radical (unpaired) electrons. The van der Waals surface area contributed by atoms with Gasteiger partial charge < -0.3 is 4.74 Å². The van der Waals surface area contributed by atoms with Crippen molar-refractivity contribution in [2.75, 3.05) is 7.11 Å². The number of methoxy groups -OCH3 is 1. The Morgan fingerprint density at radius 3 is 2.54 bits per heavy atom. The second-order valence-electron chi connectivity index (χ2n) is 2.84. The number of aryl methyl sites for hydroxylation is 1. The molecule has 0 atom stereocenters. The molecular weight excluding hydrogens is 167 g/mol. The Bertz CT molecular complexity index is 306. The lowest BCUT2D eigenvalue weighted by Crippen LogP contribution is -1.91. The third kappa shape index (κ3) is 2.08. The summed E-state index contributed by atoms with van der Waals surface area (Å²) in [7, 11) is 1.53. The number of rotatable bonds is 2. The highest BCUT2D eigenvalue weighted by Gasteiger charge is 2.04. The van der Waals surface area contributed by atoms with Gasteiger partial charge in [-0.1, -0.05) is 12.2 Å². The normalized spacial score (nSPS) is 10.8. The van der Waals surface area contributed by atoms with Crippen LogP contribution in [0.1, 0.15) is 18.1 Å². The molecule has 0 bridgehead atoms. The molecule has 70 valence electrons. The molecule has 0 aliphatic carbocycles. The predicted octanol–water partition coefficient (Wildman–Crippen LogP) is 3.18. The Hall–Kier alpha value is -1.31. The molecule has 0 aromatic heterocycles. The van der Waals surface area contributed by atoms with Gasteiger partial charge >= 0.3 is 0 Å². The summed E-state index contributed by atoms with van der Waals surface area (Å²) in [5, 5.41) is 0. The van der Waals surface area contributed by atoms with E-state index in [0.717, 1.165) is 5.56 Å². The lowest BCUT2D eigenvalue weighted by molar-refractivity contribution is 0.411. The van der Waals surface area contributed by atoms with E-state index in [1.54, 1.807) is 6.08 Å². The Morgan fingerprint density at radius 1 is 1.38 bits per heavy atom. The standard InChI is InChI=1S/C11H13FO/c1-4-5-10-8(2)6-9(13-3)7-11(10)12/h4-7H,1-3H3/b5-4+. The van der Waals surface area contributed by atoms with Crippen molar-refractivity contribution in [2.24, 2.45) is 0 Å². The highest BCUT2D eigenvalue weighted by Crippen LogP contribution is 2.21. The summed E-state index contributed by atoms with van der Waals surface area (Å²) in [6, 6.07) is 3.21. The maximum Gasteiger partial charge on any atom is 0.134 e. The molecule has 0 N–H and O–H groups in total. The first-order valence-corrected chi connectivity index (χ1v) is 4.16. The molecule has 0 aliphatic heterocycles. The minimum absolute atomic E-state index is 0.241. The SMILES string of the molecule is C/C=C/c1c(C)cc(OC)cc1F. The fourth-order valence-electron chi connectivity index (χ4n) is 1.22. The van der Waals surface area contributed by atoms with Gasteiger partial charge in [-0.25, -0.2) is 4.39 Å². The quantitative estimate of drug-likeness (QED) is 0.679. The van der Waals surface area contributed by atoms with Crippen LogP contribution in [0.4, 0.5) is 4.39 Å². The van der Waals surface area contributed by atoms with E-state index in [2.05, 4.69) is 0 Å². The molecule has 0 saturated carbocycles. The van der Waals surface area contributed by atoms with E-state index in [0.29, 0.717) is 11.3 Å². The van der Waals surface area contributed by atoms with Crippen LogP contribution in [0, 0.1) is 12.7 Å². The summed E-state index contributed by atoms with van der Waals surface area (Å²) < 4.78 is 18.3. The van der Waals surface area contributed by atoms with Crippen LogP contribution in [0.3, 0.4) is 0 Å². The fraction of sp³-hybridized carbons (Fsp3) is 0.273. The third-order valence-corrected chi connectivity index (χ3v) is 1.88. The topological polar surface area (TPSA) is 9.23 Å². The monoisotopic (exact) mass is 180 g/mol. The number of allylic oxidation sites excluding steroid dienone is 1. The van der Waals surface area contributed by atoms with E-state index < -0.39 is 0 Å². The smallest absolute Gasteiger partial charge is 0.134 e. The van der Waals surface area contributed by atoms with Gasteiger partial charge in [0, 0.05) is 11.6 Å². The Morgan fingerprint density at radius 2 is 2.08 bits per heavy atom. The molecule has 1 aromatic carbocycles. The van der Waals surface area contributed by atoms with Crippen molar-refractivity contribution < 1.29 is 9.13 Å². The zero-order valence-corrected chi connectivity index (χ0v) is 8.10. The van der Waals surface area contributed by atoms with Gasteiger partial charge in [0.15, 0.2) is 0 Å². The van der Waals surface area contributed by atoms with Crippen LogP contribution in [-0.4, -0.2) is 7.11 Å². The van der Waals surface area contributed by atoms with E-state index in [4.69, 9.17) is 4.74 Å². The average Bonchev–Trinajstić information content (AvgIpc) is 2.11. The number of ether oxygens (including phenoxy) is 1. The lowest BCUT2D eigenvalue weighted by atomic mass is 10.1. The first-order valence-electron chi connectivity index (χ1n) is 4.16. The summed E-state index contributed by atoms with van der Waals surface area (Å²) in [4.78, 5) is 0. The minimum Gasteiger partial charge on any atom is -0.497 e. The molecule has 0 heterocycles. The molecule has 1 aromatic rings. The van der Waals surface area contributed by atoms with Crippen LogP contribution in [-0.2, 0) is 0 Å². The molecule has 1 nitrogen and oxygen atoms in total. The van der Waals surface area contributed by atoms with Crippen molar-refractivity contribution in [3.63, 3.8) is 0 Å².